The molecule has 0 aromatic heterocycles. The van der Waals surface area contributed by atoms with Crippen LogP contribution >= 0.6 is 0 Å². The molecule has 202 valence electrons. The normalized spacial score (nSPS) is 41.0. The Morgan fingerprint density at radius 1 is 0.735 bits per heavy atom. The molecule has 11 nitrogen and oxygen atoms in total. The van der Waals surface area contributed by atoms with Crippen molar-refractivity contribution in [1.82, 2.24) is 0 Å². The van der Waals surface area contributed by atoms with E-state index in [9.17, 15) is 35.7 Å². The second-order valence-corrected chi connectivity index (χ2v) is 9.30. The molecular weight excluding hydrogens is 452 g/mol. The molecule has 0 aromatic rings. The van der Waals surface area contributed by atoms with Crippen molar-refractivity contribution < 1.29 is 54.7 Å². The van der Waals surface area contributed by atoms with Crippen molar-refractivity contribution in [3.8, 4) is 0 Å². The van der Waals surface area contributed by atoms with Gasteiger partial charge in [0, 0.05) is 6.61 Å². The second-order valence-electron chi connectivity index (χ2n) is 9.30. The summed E-state index contributed by atoms with van der Waals surface area (Å²) < 4.78 is 22.3. The fourth-order valence-electron chi connectivity index (χ4n) is 4.59. The first kappa shape index (κ1) is 29.8. The molecule has 10 atom stereocenters. The third-order valence-corrected chi connectivity index (χ3v) is 6.67. The zero-order valence-electron chi connectivity index (χ0n) is 20.2. The van der Waals surface area contributed by atoms with Gasteiger partial charge in [-0.1, -0.05) is 52.4 Å². The third-order valence-electron chi connectivity index (χ3n) is 6.67. The molecule has 2 fully saturated rings. The highest BCUT2D eigenvalue weighted by Gasteiger charge is 2.56. The van der Waals surface area contributed by atoms with Gasteiger partial charge in [-0.15, -0.1) is 0 Å². The molecule has 11 heteroatoms. The first-order chi connectivity index (χ1) is 16.2. The van der Waals surface area contributed by atoms with Crippen molar-refractivity contribution in [1.29, 1.82) is 0 Å². The average molecular weight is 497 g/mol. The van der Waals surface area contributed by atoms with Crippen molar-refractivity contribution in [2.45, 2.75) is 126 Å². The predicted molar refractivity (Wildman–Crippen MR) is 120 cm³/mol. The maximum absolute atomic E-state index is 10.9. The number of aliphatic hydroxyl groups is 7. The van der Waals surface area contributed by atoms with E-state index in [4.69, 9.17) is 18.9 Å². The van der Waals surface area contributed by atoms with E-state index in [2.05, 4.69) is 6.92 Å². The van der Waals surface area contributed by atoms with E-state index in [0.29, 0.717) is 13.0 Å². The molecule has 2 aliphatic rings. The van der Waals surface area contributed by atoms with E-state index in [0.717, 1.165) is 32.1 Å². The minimum Gasteiger partial charge on any atom is -0.394 e. The Bertz CT molecular complexity index is 565. The van der Waals surface area contributed by atoms with Crippen LogP contribution in [0.4, 0.5) is 0 Å². The van der Waals surface area contributed by atoms with E-state index >= 15 is 0 Å². The van der Waals surface area contributed by atoms with Crippen LogP contribution in [-0.4, -0.2) is 116 Å². The summed E-state index contributed by atoms with van der Waals surface area (Å²) in [5, 5.41) is 72.6. The van der Waals surface area contributed by atoms with Crippen LogP contribution in [0.1, 0.15) is 65.2 Å². The van der Waals surface area contributed by atoms with Crippen LogP contribution in [0.5, 0.6) is 0 Å². The van der Waals surface area contributed by atoms with Crippen molar-refractivity contribution in [3.05, 3.63) is 0 Å². The molecular formula is C23H44O11. The topological polar surface area (TPSA) is 179 Å². The fraction of sp³-hybridized carbons (Fsp3) is 1.00. The molecule has 7 N–H and O–H groups in total. The maximum atomic E-state index is 10.9. The predicted octanol–water partition coefficient (Wildman–Crippen LogP) is -0.842. The highest BCUT2D eigenvalue weighted by Crippen LogP contribution is 2.36. The first-order valence-corrected chi connectivity index (χ1v) is 12.5. The second kappa shape index (κ2) is 14.3. The molecule has 0 spiro atoms. The van der Waals surface area contributed by atoms with Gasteiger partial charge in [-0.05, 0) is 12.8 Å². The van der Waals surface area contributed by atoms with Gasteiger partial charge in [0.25, 0.3) is 0 Å². The third kappa shape index (κ3) is 7.07. The first-order valence-electron chi connectivity index (χ1n) is 12.5. The zero-order valence-corrected chi connectivity index (χ0v) is 20.2. The van der Waals surface area contributed by atoms with E-state index in [1.165, 1.54) is 6.42 Å². The van der Waals surface area contributed by atoms with Crippen molar-refractivity contribution in [3.63, 3.8) is 0 Å². The lowest BCUT2D eigenvalue weighted by Crippen LogP contribution is -2.69. The highest BCUT2D eigenvalue weighted by molar-refractivity contribution is 5.02. The van der Waals surface area contributed by atoms with Crippen LogP contribution in [0.3, 0.4) is 0 Å². The zero-order chi connectivity index (χ0) is 25.3. The largest absolute Gasteiger partial charge is 0.394 e. The van der Waals surface area contributed by atoms with Crippen LogP contribution in [0.15, 0.2) is 0 Å². The fourth-order valence-corrected chi connectivity index (χ4v) is 4.59. The van der Waals surface area contributed by atoms with Crippen LogP contribution in [0, 0.1) is 0 Å². The smallest absolute Gasteiger partial charge is 0.187 e. The summed E-state index contributed by atoms with van der Waals surface area (Å²) in [6, 6.07) is 0. The Morgan fingerprint density at radius 2 is 1.35 bits per heavy atom. The molecule has 2 saturated heterocycles. The Labute approximate surface area is 201 Å². The van der Waals surface area contributed by atoms with Crippen molar-refractivity contribution in [2.75, 3.05) is 19.8 Å². The Balaban J connectivity index is 2.00. The maximum Gasteiger partial charge on any atom is 0.187 e. The van der Waals surface area contributed by atoms with Crippen LogP contribution in [-0.2, 0) is 18.9 Å². The Kier molecular flexibility index (Phi) is 12.6. The average Bonchev–Trinajstić information content (AvgIpc) is 2.83. The van der Waals surface area contributed by atoms with Gasteiger partial charge >= 0.3 is 0 Å². The summed E-state index contributed by atoms with van der Waals surface area (Å²) in [6.45, 7) is 2.97. The van der Waals surface area contributed by atoms with Crippen molar-refractivity contribution in [2.24, 2.45) is 0 Å². The van der Waals surface area contributed by atoms with Gasteiger partial charge in [-0.2, -0.15) is 0 Å². The van der Waals surface area contributed by atoms with Gasteiger partial charge in [0.2, 0.25) is 0 Å². The summed E-state index contributed by atoms with van der Waals surface area (Å²) in [7, 11) is 0. The van der Waals surface area contributed by atoms with Gasteiger partial charge in [0.1, 0.15) is 48.3 Å². The quantitative estimate of drug-likeness (QED) is 0.149. The van der Waals surface area contributed by atoms with Gasteiger partial charge in [-0.25, -0.2) is 0 Å². The van der Waals surface area contributed by atoms with Gasteiger partial charge in [0.05, 0.1) is 13.2 Å². The lowest BCUT2D eigenvalue weighted by Gasteiger charge is -2.50. The molecule has 0 saturated carbocycles. The summed E-state index contributed by atoms with van der Waals surface area (Å²) >= 11 is 0. The lowest BCUT2D eigenvalue weighted by atomic mass is 9.80. The Morgan fingerprint density at radius 3 is 1.97 bits per heavy atom. The molecule has 0 radical (unpaired) electrons. The van der Waals surface area contributed by atoms with Crippen LogP contribution in [0.2, 0.25) is 0 Å². The standard InChI is InChI=1S/C23H44O11/c1-3-5-6-7-8-9-11-31-21-17(27)16(26)18(14(12-24)32-21)34-22-20(29)23(30,10-4-2)19(28)15(13-25)33-22/h14-22,24-30H,3-13H2,1-2H3/t14-,15-,16-,17-,18-,19+,20+,21-,22+,23-/m1/s1. The molecule has 0 aliphatic carbocycles. The van der Waals surface area contributed by atoms with Gasteiger partial charge < -0.3 is 54.7 Å². The molecule has 0 bridgehead atoms. The highest BCUT2D eigenvalue weighted by atomic mass is 16.7. The van der Waals surface area contributed by atoms with Crippen LogP contribution in [0.25, 0.3) is 0 Å². The van der Waals surface area contributed by atoms with E-state index in [1.807, 2.05) is 0 Å². The number of aliphatic hydroxyl groups excluding tert-OH is 6. The molecule has 0 amide bonds. The van der Waals surface area contributed by atoms with Crippen LogP contribution < -0.4 is 0 Å². The SMILES string of the molecule is CCCCCCCCO[C@@H]1O[C@H](CO)[C@@H](O[C@@H]2O[C@H](CO)[C@H](O)[C@](O)(CCC)[C@H]2O)[C@H](O)[C@H]1O. The number of unbranched alkanes of at least 4 members (excludes halogenated alkanes) is 5. The summed E-state index contributed by atoms with van der Waals surface area (Å²) in [4.78, 5) is 0. The molecule has 2 heterocycles. The number of hydrogen-bond donors (Lipinski definition) is 7. The minimum atomic E-state index is -2.03. The minimum absolute atomic E-state index is 0.000808. The van der Waals surface area contributed by atoms with E-state index in [1.54, 1.807) is 6.92 Å². The van der Waals surface area contributed by atoms with E-state index < -0.39 is 74.1 Å². The summed E-state index contributed by atoms with van der Waals surface area (Å²) in [5.41, 5.74) is -2.03. The molecule has 0 unspecified atom stereocenters. The summed E-state index contributed by atoms with van der Waals surface area (Å²) in [6.07, 6.45) is -6.09. The summed E-state index contributed by atoms with van der Waals surface area (Å²) in [5.74, 6) is 0. The van der Waals surface area contributed by atoms with Gasteiger partial charge in [-0.3, -0.25) is 0 Å². The van der Waals surface area contributed by atoms with E-state index in [-0.39, 0.29) is 6.42 Å². The number of rotatable bonds is 14. The molecule has 2 aliphatic heterocycles. The molecule has 2 rings (SSSR count). The number of ether oxygens (including phenoxy) is 4. The molecule has 0 aromatic carbocycles. The monoisotopic (exact) mass is 496 g/mol. The van der Waals surface area contributed by atoms with Crippen molar-refractivity contribution >= 4 is 0 Å². The lowest BCUT2D eigenvalue weighted by molar-refractivity contribution is -0.374. The number of hydrogen-bond acceptors (Lipinski definition) is 11. The Hall–Kier alpha value is -0.440. The molecule has 34 heavy (non-hydrogen) atoms. The van der Waals surface area contributed by atoms with Gasteiger partial charge in [0.15, 0.2) is 12.6 Å².